The number of fused-ring (bicyclic) bond motifs is 1. The van der Waals surface area contributed by atoms with Crippen molar-refractivity contribution in [3.63, 3.8) is 0 Å². The average Bonchev–Trinajstić information content (AvgIpc) is 2.52. The number of aliphatic hydroxyl groups is 1. The number of nitrogens with one attached hydrogen (secondary N) is 1. The Morgan fingerprint density at radius 3 is 3.00 bits per heavy atom. The van der Waals surface area contributed by atoms with Crippen LogP contribution in [0.2, 0.25) is 0 Å². The molecule has 0 fully saturated rings. The van der Waals surface area contributed by atoms with Crippen LogP contribution in [0.15, 0.2) is 24.3 Å². The number of aliphatic hydroxyl groups excluding tert-OH is 1. The van der Waals surface area contributed by atoms with Crippen molar-refractivity contribution in [2.24, 2.45) is 0 Å². The molecule has 0 saturated carbocycles. The van der Waals surface area contributed by atoms with Gasteiger partial charge in [-0.2, -0.15) is 0 Å². The van der Waals surface area contributed by atoms with Crippen molar-refractivity contribution in [2.45, 2.75) is 38.1 Å². The van der Waals surface area contributed by atoms with Crippen LogP contribution < -0.4 is 5.32 Å². The van der Waals surface area contributed by atoms with Gasteiger partial charge in [-0.1, -0.05) is 30.7 Å². The molecule has 1 aromatic carbocycles. The lowest BCUT2D eigenvalue weighted by Gasteiger charge is -2.19. The molecule has 2 rings (SSSR count). The van der Waals surface area contributed by atoms with E-state index in [0.29, 0.717) is 6.04 Å². The predicted molar refractivity (Wildman–Crippen MR) is 66.4 cm³/mol. The minimum absolute atomic E-state index is 0.279. The molecule has 2 nitrogen and oxygen atoms in total. The van der Waals surface area contributed by atoms with Crippen molar-refractivity contribution in [1.29, 1.82) is 0 Å². The van der Waals surface area contributed by atoms with Crippen LogP contribution >= 0.6 is 0 Å². The smallest absolute Gasteiger partial charge is 0.0443 e. The van der Waals surface area contributed by atoms with Gasteiger partial charge in [0.2, 0.25) is 0 Å². The largest absolute Gasteiger partial charge is 0.396 e. The van der Waals surface area contributed by atoms with Gasteiger partial charge in [-0.3, -0.25) is 0 Å². The Bertz CT molecular complexity index is 324. The van der Waals surface area contributed by atoms with E-state index in [1.165, 1.54) is 36.8 Å². The summed E-state index contributed by atoms with van der Waals surface area (Å²) in [6, 6.07) is 9.25. The van der Waals surface area contributed by atoms with E-state index in [-0.39, 0.29) is 6.61 Å². The molecule has 88 valence electrons. The molecule has 0 spiro atoms. The molecule has 0 radical (unpaired) electrons. The fraction of sp³-hybridized carbons (Fsp3) is 0.571. The second-order valence-electron chi connectivity index (χ2n) is 4.53. The third-order valence-electron chi connectivity index (χ3n) is 3.35. The standard InChI is InChI=1S/C14H21NO/c16-11-5-10-15-14-9-4-2-7-12-6-1-3-8-13(12)14/h1,3,6,8,14-16H,2,4-5,7,9-11H2. The number of aryl methyl sites for hydroxylation is 1. The lowest BCUT2D eigenvalue weighted by Crippen LogP contribution is -2.23. The van der Waals surface area contributed by atoms with Crippen LogP contribution in [0.1, 0.15) is 42.9 Å². The first-order chi connectivity index (χ1) is 7.92. The Hall–Kier alpha value is -0.860. The van der Waals surface area contributed by atoms with Crippen molar-refractivity contribution >= 4 is 0 Å². The van der Waals surface area contributed by atoms with E-state index in [0.717, 1.165) is 13.0 Å². The topological polar surface area (TPSA) is 32.3 Å². The van der Waals surface area contributed by atoms with Crippen LogP contribution in [-0.4, -0.2) is 18.3 Å². The van der Waals surface area contributed by atoms with Crippen molar-refractivity contribution in [2.75, 3.05) is 13.2 Å². The summed E-state index contributed by atoms with van der Waals surface area (Å²) in [4.78, 5) is 0. The summed E-state index contributed by atoms with van der Waals surface area (Å²) in [5, 5.41) is 12.4. The third kappa shape index (κ3) is 2.83. The Morgan fingerprint density at radius 2 is 2.12 bits per heavy atom. The van der Waals surface area contributed by atoms with Crippen LogP contribution in [-0.2, 0) is 6.42 Å². The highest BCUT2D eigenvalue weighted by atomic mass is 16.3. The van der Waals surface area contributed by atoms with E-state index in [9.17, 15) is 0 Å². The van der Waals surface area contributed by atoms with Gasteiger partial charge in [0, 0.05) is 12.6 Å². The van der Waals surface area contributed by atoms with E-state index in [2.05, 4.69) is 29.6 Å². The fourth-order valence-electron chi connectivity index (χ4n) is 2.49. The molecule has 1 aromatic rings. The Kier molecular flexibility index (Phi) is 4.37. The highest BCUT2D eigenvalue weighted by molar-refractivity contribution is 5.31. The quantitative estimate of drug-likeness (QED) is 0.602. The summed E-state index contributed by atoms with van der Waals surface area (Å²) in [5.41, 5.74) is 2.97. The predicted octanol–water partition coefficient (Wildman–Crippen LogP) is 2.43. The van der Waals surface area contributed by atoms with Crippen LogP contribution in [0.5, 0.6) is 0 Å². The molecule has 1 aliphatic rings. The highest BCUT2D eigenvalue weighted by Crippen LogP contribution is 2.28. The monoisotopic (exact) mass is 219 g/mol. The van der Waals surface area contributed by atoms with Gasteiger partial charge in [0.25, 0.3) is 0 Å². The van der Waals surface area contributed by atoms with Crippen molar-refractivity contribution in [3.05, 3.63) is 35.4 Å². The molecule has 0 aliphatic heterocycles. The zero-order valence-electron chi connectivity index (χ0n) is 9.78. The fourth-order valence-corrected chi connectivity index (χ4v) is 2.49. The van der Waals surface area contributed by atoms with E-state index in [4.69, 9.17) is 5.11 Å². The first kappa shape index (κ1) is 11.6. The SMILES string of the molecule is OCCCNC1CCCCc2ccccc21. The second kappa shape index (κ2) is 6.02. The maximum atomic E-state index is 8.81. The minimum Gasteiger partial charge on any atom is -0.396 e. The van der Waals surface area contributed by atoms with Crippen molar-refractivity contribution < 1.29 is 5.11 Å². The summed E-state index contributed by atoms with van der Waals surface area (Å²) in [7, 11) is 0. The molecule has 2 N–H and O–H groups in total. The van der Waals surface area contributed by atoms with Gasteiger partial charge in [-0.15, -0.1) is 0 Å². The normalized spacial score (nSPS) is 20.2. The van der Waals surface area contributed by atoms with Gasteiger partial charge < -0.3 is 10.4 Å². The number of hydrogen-bond donors (Lipinski definition) is 2. The molecular formula is C14H21NO. The summed E-state index contributed by atoms with van der Waals surface area (Å²) in [6.45, 7) is 1.19. The highest BCUT2D eigenvalue weighted by Gasteiger charge is 2.16. The molecule has 0 saturated heterocycles. The lowest BCUT2D eigenvalue weighted by atomic mass is 9.99. The van der Waals surface area contributed by atoms with Crippen LogP contribution in [0, 0.1) is 0 Å². The Labute approximate surface area is 97.7 Å². The molecule has 1 unspecified atom stereocenters. The Morgan fingerprint density at radius 1 is 1.25 bits per heavy atom. The van der Waals surface area contributed by atoms with E-state index >= 15 is 0 Å². The molecule has 0 heterocycles. The van der Waals surface area contributed by atoms with Crippen LogP contribution in [0.4, 0.5) is 0 Å². The first-order valence-electron chi connectivity index (χ1n) is 6.34. The second-order valence-corrected chi connectivity index (χ2v) is 4.53. The van der Waals surface area contributed by atoms with Gasteiger partial charge >= 0.3 is 0 Å². The number of rotatable bonds is 4. The van der Waals surface area contributed by atoms with Crippen LogP contribution in [0.3, 0.4) is 0 Å². The van der Waals surface area contributed by atoms with E-state index in [1.54, 1.807) is 0 Å². The number of hydrogen-bond acceptors (Lipinski definition) is 2. The van der Waals surface area contributed by atoms with Gasteiger partial charge in [0.15, 0.2) is 0 Å². The molecular weight excluding hydrogens is 198 g/mol. The third-order valence-corrected chi connectivity index (χ3v) is 3.35. The van der Waals surface area contributed by atoms with Crippen molar-refractivity contribution in [1.82, 2.24) is 5.32 Å². The van der Waals surface area contributed by atoms with E-state index in [1.807, 2.05) is 0 Å². The van der Waals surface area contributed by atoms with Gasteiger partial charge in [-0.05, 0) is 43.4 Å². The summed E-state index contributed by atoms with van der Waals surface area (Å²) in [5.74, 6) is 0. The van der Waals surface area contributed by atoms with E-state index < -0.39 is 0 Å². The van der Waals surface area contributed by atoms with Gasteiger partial charge in [0.05, 0.1) is 0 Å². The summed E-state index contributed by atoms with van der Waals surface area (Å²) < 4.78 is 0. The van der Waals surface area contributed by atoms with Crippen LogP contribution in [0.25, 0.3) is 0 Å². The minimum atomic E-state index is 0.279. The molecule has 16 heavy (non-hydrogen) atoms. The lowest BCUT2D eigenvalue weighted by molar-refractivity contribution is 0.282. The Balaban J connectivity index is 2.06. The molecule has 0 aromatic heterocycles. The van der Waals surface area contributed by atoms with Gasteiger partial charge in [0.1, 0.15) is 0 Å². The zero-order valence-corrected chi connectivity index (χ0v) is 9.78. The zero-order chi connectivity index (χ0) is 11.2. The molecule has 0 bridgehead atoms. The molecule has 1 aliphatic carbocycles. The molecule has 1 atom stereocenters. The molecule has 0 amide bonds. The first-order valence-corrected chi connectivity index (χ1v) is 6.34. The summed E-state index contributed by atoms with van der Waals surface area (Å²) in [6.07, 6.45) is 5.89. The maximum Gasteiger partial charge on any atom is 0.0443 e. The average molecular weight is 219 g/mol. The number of benzene rings is 1. The summed E-state index contributed by atoms with van der Waals surface area (Å²) >= 11 is 0. The van der Waals surface area contributed by atoms with Crippen molar-refractivity contribution in [3.8, 4) is 0 Å². The molecule has 2 heteroatoms. The van der Waals surface area contributed by atoms with Gasteiger partial charge in [-0.25, -0.2) is 0 Å². The maximum absolute atomic E-state index is 8.81.